The second kappa shape index (κ2) is 9.61. The summed E-state index contributed by atoms with van der Waals surface area (Å²) in [5.74, 6) is 0.246. The highest BCUT2D eigenvalue weighted by atomic mass is 35.5. The number of rotatable bonds is 8. The number of nitrogens with one attached hydrogen (secondary N) is 1. The van der Waals surface area contributed by atoms with Gasteiger partial charge in [-0.25, -0.2) is 4.79 Å². The van der Waals surface area contributed by atoms with E-state index >= 15 is 0 Å². The zero-order valence-corrected chi connectivity index (χ0v) is 16.4. The van der Waals surface area contributed by atoms with Crippen molar-refractivity contribution in [1.82, 2.24) is 0 Å². The summed E-state index contributed by atoms with van der Waals surface area (Å²) in [6.45, 7) is 0.398. The summed E-state index contributed by atoms with van der Waals surface area (Å²) in [5, 5.41) is 13.8. The summed E-state index contributed by atoms with van der Waals surface area (Å²) in [6.07, 6.45) is 1.64. The van der Waals surface area contributed by atoms with Crippen LogP contribution in [-0.2, 0) is 6.61 Å². The van der Waals surface area contributed by atoms with Crippen molar-refractivity contribution >= 4 is 29.5 Å². The normalized spacial score (nSPS) is 10.7. The number of methoxy groups -OCH3 is 1. The van der Waals surface area contributed by atoms with E-state index < -0.39 is 5.97 Å². The average molecular weight is 411 g/mol. The number of hydrogen-bond donors (Lipinski definition) is 2. The maximum Gasteiger partial charge on any atom is 0.335 e. The van der Waals surface area contributed by atoms with Gasteiger partial charge < -0.3 is 14.6 Å². The summed E-state index contributed by atoms with van der Waals surface area (Å²) in [6, 6.07) is 19.3. The molecule has 0 aromatic heterocycles. The minimum Gasteiger partial charge on any atom is -0.493 e. The number of carboxylic acids is 1. The Morgan fingerprint density at radius 2 is 1.79 bits per heavy atom. The fourth-order valence-electron chi connectivity index (χ4n) is 2.49. The predicted octanol–water partition coefficient (Wildman–Crippen LogP) is 5.07. The minimum atomic E-state index is -0.967. The Labute approximate surface area is 173 Å². The first-order chi connectivity index (χ1) is 14.0. The number of anilines is 1. The van der Waals surface area contributed by atoms with Crippen molar-refractivity contribution in [3.63, 3.8) is 0 Å². The van der Waals surface area contributed by atoms with Gasteiger partial charge in [0.2, 0.25) is 0 Å². The van der Waals surface area contributed by atoms with E-state index in [0.717, 1.165) is 11.1 Å². The first-order valence-corrected chi connectivity index (χ1v) is 9.10. The molecule has 3 aromatic rings. The van der Waals surface area contributed by atoms with Gasteiger partial charge in [-0.2, -0.15) is 5.10 Å². The van der Waals surface area contributed by atoms with Crippen molar-refractivity contribution in [3.05, 3.63) is 88.4 Å². The molecule has 0 spiro atoms. The Morgan fingerprint density at radius 3 is 2.45 bits per heavy atom. The molecule has 0 radical (unpaired) electrons. The van der Waals surface area contributed by atoms with Crippen molar-refractivity contribution in [2.75, 3.05) is 12.5 Å². The number of nitrogens with zero attached hydrogens (tertiary/aromatic N) is 1. The molecule has 2 N–H and O–H groups in total. The van der Waals surface area contributed by atoms with Crippen LogP contribution in [0.15, 0.2) is 71.8 Å². The fourth-order valence-corrected chi connectivity index (χ4v) is 2.62. The first kappa shape index (κ1) is 20.2. The largest absolute Gasteiger partial charge is 0.493 e. The Balaban J connectivity index is 1.62. The van der Waals surface area contributed by atoms with Gasteiger partial charge in [-0.1, -0.05) is 23.7 Å². The molecule has 0 aliphatic carbocycles. The maximum atomic E-state index is 10.9. The van der Waals surface area contributed by atoms with Crippen LogP contribution in [-0.4, -0.2) is 24.4 Å². The highest BCUT2D eigenvalue weighted by molar-refractivity contribution is 6.30. The van der Waals surface area contributed by atoms with Gasteiger partial charge in [0.1, 0.15) is 6.61 Å². The number of carboxylic acid groups (broad SMARTS) is 1. The lowest BCUT2D eigenvalue weighted by Gasteiger charge is -2.11. The number of ether oxygens (including phenoxy) is 2. The van der Waals surface area contributed by atoms with Gasteiger partial charge in [0.05, 0.1) is 24.6 Å². The van der Waals surface area contributed by atoms with Gasteiger partial charge in [0.15, 0.2) is 11.5 Å². The third-order valence-electron chi connectivity index (χ3n) is 4.03. The molecule has 0 fully saturated rings. The van der Waals surface area contributed by atoms with Gasteiger partial charge >= 0.3 is 5.97 Å². The van der Waals surface area contributed by atoms with Gasteiger partial charge in [-0.15, -0.1) is 0 Å². The number of carbonyl (C=O) groups is 1. The van der Waals surface area contributed by atoms with Crippen LogP contribution in [0.5, 0.6) is 11.5 Å². The Bertz CT molecular complexity index is 1000. The fraction of sp³-hybridized carbons (Fsp3) is 0.0909. The number of hydrogen-bond acceptors (Lipinski definition) is 5. The number of benzene rings is 3. The van der Waals surface area contributed by atoms with Crippen LogP contribution in [0.2, 0.25) is 5.02 Å². The van der Waals surface area contributed by atoms with Gasteiger partial charge in [-0.05, 0) is 65.7 Å². The molecule has 0 atom stereocenters. The molecule has 7 heteroatoms. The molecule has 0 amide bonds. The van der Waals surface area contributed by atoms with Crippen LogP contribution in [0.4, 0.5) is 5.69 Å². The number of hydrazone groups is 1. The van der Waals surface area contributed by atoms with E-state index in [4.69, 9.17) is 26.2 Å². The molecule has 0 bridgehead atoms. The van der Waals surface area contributed by atoms with Crippen molar-refractivity contribution in [2.45, 2.75) is 6.61 Å². The van der Waals surface area contributed by atoms with E-state index in [0.29, 0.717) is 28.8 Å². The zero-order valence-electron chi connectivity index (χ0n) is 15.6. The van der Waals surface area contributed by atoms with Crippen LogP contribution in [0.25, 0.3) is 0 Å². The molecular formula is C22H19ClN2O4. The Morgan fingerprint density at radius 1 is 1.07 bits per heavy atom. The van der Waals surface area contributed by atoms with E-state index in [1.54, 1.807) is 25.5 Å². The van der Waals surface area contributed by atoms with E-state index in [-0.39, 0.29) is 5.56 Å². The molecule has 0 heterocycles. The zero-order chi connectivity index (χ0) is 20.6. The molecule has 0 aliphatic rings. The number of aromatic carboxylic acids is 1. The van der Waals surface area contributed by atoms with E-state index in [9.17, 15) is 4.79 Å². The molecular weight excluding hydrogens is 392 g/mol. The van der Waals surface area contributed by atoms with Crippen molar-refractivity contribution in [1.29, 1.82) is 0 Å². The third-order valence-corrected chi connectivity index (χ3v) is 4.29. The number of halogens is 1. The summed E-state index contributed by atoms with van der Waals surface area (Å²) < 4.78 is 11.2. The van der Waals surface area contributed by atoms with E-state index in [1.165, 1.54) is 12.1 Å². The van der Waals surface area contributed by atoms with Gasteiger partial charge in [0.25, 0.3) is 0 Å². The van der Waals surface area contributed by atoms with E-state index in [2.05, 4.69) is 10.5 Å². The van der Waals surface area contributed by atoms with Crippen LogP contribution in [0.1, 0.15) is 21.5 Å². The van der Waals surface area contributed by atoms with Gasteiger partial charge in [-0.3, -0.25) is 5.43 Å². The Kier molecular flexibility index (Phi) is 6.71. The lowest BCUT2D eigenvalue weighted by Crippen LogP contribution is -1.99. The van der Waals surface area contributed by atoms with Gasteiger partial charge in [0, 0.05) is 5.02 Å². The van der Waals surface area contributed by atoms with Crippen molar-refractivity contribution in [2.24, 2.45) is 5.10 Å². The summed E-state index contributed by atoms with van der Waals surface area (Å²) >= 11 is 5.89. The molecule has 0 aliphatic heterocycles. The lowest BCUT2D eigenvalue weighted by molar-refractivity contribution is 0.0697. The molecule has 3 rings (SSSR count). The molecule has 148 valence electrons. The smallest absolute Gasteiger partial charge is 0.335 e. The van der Waals surface area contributed by atoms with Crippen LogP contribution in [0.3, 0.4) is 0 Å². The maximum absolute atomic E-state index is 10.9. The third kappa shape index (κ3) is 5.73. The summed E-state index contributed by atoms with van der Waals surface area (Å²) in [5.41, 5.74) is 5.57. The molecule has 0 saturated carbocycles. The highest BCUT2D eigenvalue weighted by Crippen LogP contribution is 2.28. The first-order valence-electron chi connectivity index (χ1n) is 8.73. The van der Waals surface area contributed by atoms with E-state index in [1.807, 2.05) is 42.5 Å². The van der Waals surface area contributed by atoms with Crippen molar-refractivity contribution < 1.29 is 19.4 Å². The highest BCUT2D eigenvalue weighted by Gasteiger charge is 2.06. The summed E-state index contributed by atoms with van der Waals surface area (Å²) in [4.78, 5) is 10.9. The second-order valence-corrected chi connectivity index (χ2v) is 6.51. The molecule has 0 saturated heterocycles. The predicted molar refractivity (Wildman–Crippen MR) is 113 cm³/mol. The minimum absolute atomic E-state index is 0.221. The standard InChI is InChI=1S/C22H19ClN2O4/c1-28-21-12-16(13-24-25-19-9-5-17(6-10-19)22(26)27)4-11-20(21)29-14-15-2-7-18(23)8-3-15/h2-13,25H,14H2,1H3,(H,26,27)/b24-13+. The lowest BCUT2D eigenvalue weighted by atomic mass is 10.2. The topological polar surface area (TPSA) is 80.2 Å². The summed E-state index contributed by atoms with van der Waals surface area (Å²) in [7, 11) is 1.58. The Hall–Kier alpha value is -3.51. The molecule has 6 nitrogen and oxygen atoms in total. The second-order valence-electron chi connectivity index (χ2n) is 6.08. The molecule has 29 heavy (non-hydrogen) atoms. The molecule has 0 unspecified atom stereocenters. The SMILES string of the molecule is COc1cc(/C=N/Nc2ccc(C(=O)O)cc2)ccc1OCc1ccc(Cl)cc1. The molecule has 3 aromatic carbocycles. The van der Waals surface area contributed by atoms with Crippen LogP contribution < -0.4 is 14.9 Å². The van der Waals surface area contributed by atoms with Crippen LogP contribution >= 0.6 is 11.6 Å². The van der Waals surface area contributed by atoms with Crippen LogP contribution in [0, 0.1) is 0 Å². The monoisotopic (exact) mass is 410 g/mol. The average Bonchev–Trinajstić information content (AvgIpc) is 2.74. The quantitative estimate of drug-likeness (QED) is 0.400. The van der Waals surface area contributed by atoms with Crippen molar-refractivity contribution in [3.8, 4) is 11.5 Å².